The minimum atomic E-state index is -0.186. The predicted octanol–water partition coefficient (Wildman–Crippen LogP) is 1.98. The molecule has 0 heterocycles. The molecule has 0 aromatic heterocycles. The molecule has 0 radical (unpaired) electrons. The molecule has 2 heteroatoms. The third-order valence-electron chi connectivity index (χ3n) is 1.89. The number of rotatable bonds is 0. The van der Waals surface area contributed by atoms with Crippen LogP contribution in [0.5, 0.6) is 0 Å². The highest BCUT2D eigenvalue weighted by molar-refractivity contribution is 6.31. The van der Waals surface area contributed by atoms with Gasteiger partial charge in [-0.05, 0) is 12.8 Å². The molecule has 1 nitrogen and oxygen atoms in total. The molecule has 0 spiro atoms. The van der Waals surface area contributed by atoms with Crippen molar-refractivity contribution >= 4 is 17.4 Å². The van der Waals surface area contributed by atoms with Gasteiger partial charge >= 0.3 is 0 Å². The summed E-state index contributed by atoms with van der Waals surface area (Å²) < 4.78 is 0. The first-order valence-corrected chi connectivity index (χ1v) is 3.83. The largest absolute Gasteiger partial charge is 0.298 e. The minimum Gasteiger partial charge on any atom is -0.298 e. The molecule has 0 aliphatic heterocycles. The number of Topliss-reactive ketones (excluding diaryl/α,β-unsaturated/α-hetero) is 1. The van der Waals surface area contributed by atoms with Crippen molar-refractivity contribution in [2.75, 3.05) is 0 Å². The number of ketones is 1. The summed E-state index contributed by atoms with van der Waals surface area (Å²) in [5.41, 5.74) is 0. The lowest BCUT2D eigenvalue weighted by Gasteiger charge is -2.19. The van der Waals surface area contributed by atoms with Crippen molar-refractivity contribution in [2.24, 2.45) is 5.92 Å². The van der Waals surface area contributed by atoms with E-state index in [2.05, 4.69) is 0 Å². The van der Waals surface area contributed by atoms with E-state index >= 15 is 0 Å². The van der Waals surface area contributed by atoms with Crippen LogP contribution < -0.4 is 0 Å². The zero-order chi connectivity index (χ0) is 6.85. The molecule has 0 aromatic rings. The van der Waals surface area contributed by atoms with Crippen molar-refractivity contribution in [3.63, 3.8) is 0 Å². The standard InChI is InChI=1S/C7H11ClO/c1-5-3-2-4-6(8)7(5)9/h5-6H,2-4H2,1H3/t5-,6-/m0/s1. The Hall–Kier alpha value is -0.0400. The topological polar surface area (TPSA) is 17.1 Å². The highest BCUT2D eigenvalue weighted by Gasteiger charge is 2.25. The Bertz CT molecular complexity index is 110. The van der Waals surface area contributed by atoms with Crippen molar-refractivity contribution in [2.45, 2.75) is 31.6 Å². The number of carbonyl (C=O) groups excluding carboxylic acids is 1. The third kappa shape index (κ3) is 1.45. The monoisotopic (exact) mass is 146 g/mol. The summed E-state index contributed by atoms with van der Waals surface area (Å²) in [6.45, 7) is 1.96. The van der Waals surface area contributed by atoms with Gasteiger partial charge < -0.3 is 0 Å². The molecular weight excluding hydrogens is 136 g/mol. The molecule has 1 aliphatic carbocycles. The van der Waals surface area contributed by atoms with Gasteiger partial charge in [-0.25, -0.2) is 0 Å². The number of carbonyl (C=O) groups is 1. The molecule has 0 unspecified atom stereocenters. The van der Waals surface area contributed by atoms with Crippen LogP contribution >= 0.6 is 11.6 Å². The lowest BCUT2D eigenvalue weighted by molar-refractivity contribution is -0.123. The highest BCUT2D eigenvalue weighted by atomic mass is 35.5. The zero-order valence-corrected chi connectivity index (χ0v) is 6.32. The van der Waals surface area contributed by atoms with Crippen LogP contribution in [0.1, 0.15) is 26.2 Å². The molecule has 1 fully saturated rings. The van der Waals surface area contributed by atoms with E-state index in [0.29, 0.717) is 0 Å². The summed E-state index contributed by atoms with van der Waals surface area (Å²) in [5, 5.41) is -0.186. The summed E-state index contributed by atoms with van der Waals surface area (Å²) in [4.78, 5) is 11.0. The average molecular weight is 147 g/mol. The van der Waals surface area contributed by atoms with E-state index in [9.17, 15) is 4.79 Å². The van der Waals surface area contributed by atoms with Gasteiger partial charge in [0, 0.05) is 5.92 Å². The Kier molecular flexibility index (Phi) is 2.12. The van der Waals surface area contributed by atoms with Gasteiger partial charge in [0.2, 0.25) is 0 Å². The summed E-state index contributed by atoms with van der Waals surface area (Å²) in [6.07, 6.45) is 3.02. The van der Waals surface area contributed by atoms with E-state index in [1.54, 1.807) is 0 Å². The quantitative estimate of drug-likeness (QED) is 0.478. The van der Waals surface area contributed by atoms with Gasteiger partial charge in [-0.1, -0.05) is 13.3 Å². The summed E-state index contributed by atoms with van der Waals surface area (Å²) in [6, 6.07) is 0. The molecule has 1 rings (SSSR count). The number of hydrogen-bond donors (Lipinski definition) is 0. The smallest absolute Gasteiger partial charge is 0.153 e. The zero-order valence-electron chi connectivity index (χ0n) is 5.56. The van der Waals surface area contributed by atoms with Gasteiger partial charge in [-0.3, -0.25) is 4.79 Å². The molecule has 52 valence electrons. The van der Waals surface area contributed by atoms with E-state index in [4.69, 9.17) is 11.6 Å². The fourth-order valence-electron chi connectivity index (χ4n) is 1.20. The van der Waals surface area contributed by atoms with Crippen LogP contribution in [0.25, 0.3) is 0 Å². The molecule has 1 saturated carbocycles. The fourth-order valence-corrected chi connectivity index (χ4v) is 1.57. The van der Waals surface area contributed by atoms with Gasteiger partial charge in [0.1, 0.15) is 0 Å². The number of alkyl halides is 1. The Morgan fingerprint density at radius 2 is 2.22 bits per heavy atom. The van der Waals surface area contributed by atoms with Crippen LogP contribution in [0.2, 0.25) is 0 Å². The van der Waals surface area contributed by atoms with E-state index < -0.39 is 0 Å². The minimum absolute atomic E-state index is 0.186. The summed E-state index contributed by atoms with van der Waals surface area (Å²) in [7, 11) is 0. The van der Waals surface area contributed by atoms with Crippen LogP contribution in [0.3, 0.4) is 0 Å². The Morgan fingerprint density at radius 1 is 1.56 bits per heavy atom. The maximum atomic E-state index is 11.0. The maximum Gasteiger partial charge on any atom is 0.153 e. The van der Waals surface area contributed by atoms with Crippen molar-refractivity contribution in [1.82, 2.24) is 0 Å². The van der Waals surface area contributed by atoms with Gasteiger partial charge in [0.05, 0.1) is 5.38 Å². The van der Waals surface area contributed by atoms with Crippen LogP contribution in [0.15, 0.2) is 0 Å². The van der Waals surface area contributed by atoms with Crippen LogP contribution in [-0.2, 0) is 4.79 Å². The molecule has 0 amide bonds. The van der Waals surface area contributed by atoms with Crippen molar-refractivity contribution in [1.29, 1.82) is 0 Å². The van der Waals surface area contributed by atoms with Gasteiger partial charge in [0.25, 0.3) is 0 Å². The molecular formula is C7H11ClO. The second kappa shape index (κ2) is 2.70. The normalized spacial score (nSPS) is 36.9. The van der Waals surface area contributed by atoms with Gasteiger partial charge in [0.15, 0.2) is 5.78 Å². The Morgan fingerprint density at radius 3 is 2.67 bits per heavy atom. The van der Waals surface area contributed by atoms with Crippen LogP contribution in [-0.4, -0.2) is 11.2 Å². The highest BCUT2D eigenvalue weighted by Crippen LogP contribution is 2.23. The number of hydrogen-bond acceptors (Lipinski definition) is 1. The molecule has 9 heavy (non-hydrogen) atoms. The lowest BCUT2D eigenvalue weighted by Crippen LogP contribution is -2.26. The van der Waals surface area contributed by atoms with E-state index in [0.717, 1.165) is 19.3 Å². The summed E-state index contributed by atoms with van der Waals surface area (Å²) in [5.74, 6) is 0.448. The van der Waals surface area contributed by atoms with Gasteiger partial charge in [-0.2, -0.15) is 0 Å². The molecule has 1 aliphatic rings. The Balaban J connectivity index is 2.52. The van der Waals surface area contributed by atoms with Crippen molar-refractivity contribution in [3.05, 3.63) is 0 Å². The summed E-state index contributed by atoms with van der Waals surface area (Å²) >= 11 is 5.71. The molecule has 0 N–H and O–H groups in total. The fraction of sp³-hybridized carbons (Fsp3) is 0.857. The van der Waals surface area contributed by atoms with Crippen LogP contribution in [0.4, 0.5) is 0 Å². The molecule has 0 bridgehead atoms. The van der Waals surface area contributed by atoms with E-state index in [1.165, 1.54) is 0 Å². The molecule has 2 atom stereocenters. The lowest BCUT2D eigenvalue weighted by atomic mass is 9.89. The second-order valence-corrected chi connectivity index (χ2v) is 3.23. The predicted molar refractivity (Wildman–Crippen MR) is 37.7 cm³/mol. The SMILES string of the molecule is C[C@H]1CCC[C@H](Cl)C1=O. The number of halogens is 1. The average Bonchev–Trinajstić information content (AvgIpc) is 1.83. The second-order valence-electron chi connectivity index (χ2n) is 2.70. The Labute approximate surface area is 60.4 Å². The first kappa shape index (κ1) is 7.07. The van der Waals surface area contributed by atoms with Gasteiger partial charge in [-0.15, -0.1) is 11.6 Å². The maximum absolute atomic E-state index is 11.0. The molecule has 0 aromatic carbocycles. The molecule has 0 saturated heterocycles. The van der Waals surface area contributed by atoms with Crippen LogP contribution in [0, 0.1) is 5.92 Å². The van der Waals surface area contributed by atoms with Crippen molar-refractivity contribution in [3.8, 4) is 0 Å². The van der Waals surface area contributed by atoms with E-state index in [-0.39, 0.29) is 17.1 Å². The van der Waals surface area contributed by atoms with Crippen molar-refractivity contribution < 1.29 is 4.79 Å². The first-order chi connectivity index (χ1) is 4.22. The van der Waals surface area contributed by atoms with E-state index in [1.807, 2.05) is 6.92 Å². The third-order valence-corrected chi connectivity index (χ3v) is 2.32. The first-order valence-electron chi connectivity index (χ1n) is 3.39.